The first-order valence-electron chi connectivity index (χ1n) is 5.68. The van der Waals surface area contributed by atoms with Crippen molar-refractivity contribution in [1.82, 2.24) is 9.97 Å². The van der Waals surface area contributed by atoms with Crippen LogP contribution in [0.15, 0.2) is 26.9 Å². The number of hydrogen-bond donors (Lipinski definition) is 1. The summed E-state index contributed by atoms with van der Waals surface area (Å²) in [5, 5.41) is 2.87. The molecular weight excluding hydrogens is 266 g/mol. The molecule has 0 atom stereocenters. The van der Waals surface area contributed by atoms with E-state index in [2.05, 4.69) is 9.97 Å². The molecule has 0 saturated carbocycles. The minimum atomic E-state index is 0.509. The Morgan fingerprint density at radius 3 is 2.89 bits per heavy atom. The van der Waals surface area contributed by atoms with E-state index in [-0.39, 0.29) is 0 Å². The maximum Gasteiger partial charge on any atom is 0.238 e. The van der Waals surface area contributed by atoms with Gasteiger partial charge in [-0.05, 0) is 37.2 Å². The first kappa shape index (κ1) is 13.2. The maximum atomic E-state index is 5.82. The van der Waals surface area contributed by atoms with Crippen LogP contribution >= 0.6 is 23.1 Å². The van der Waals surface area contributed by atoms with Crippen LogP contribution in [0.5, 0.6) is 5.88 Å². The Bertz CT molecular complexity index is 528. The fraction of sp³-hybridized carbons (Fsp3) is 0.333. The van der Waals surface area contributed by atoms with Gasteiger partial charge in [0.15, 0.2) is 4.34 Å². The summed E-state index contributed by atoms with van der Waals surface area (Å²) >= 11 is 3.14. The lowest BCUT2D eigenvalue weighted by molar-refractivity contribution is 0.305. The molecule has 4 nitrogen and oxygen atoms in total. The highest BCUT2D eigenvalue weighted by Crippen LogP contribution is 2.31. The lowest BCUT2D eigenvalue weighted by Crippen LogP contribution is -2.01. The molecule has 2 aromatic heterocycles. The first-order valence-corrected chi connectivity index (χ1v) is 7.38. The zero-order valence-corrected chi connectivity index (χ0v) is 12.0. The van der Waals surface area contributed by atoms with Gasteiger partial charge in [0.05, 0.1) is 12.3 Å². The van der Waals surface area contributed by atoms with Crippen molar-refractivity contribution in [2.24, 2.45) is 0 Å². The van der Waals surface area contributed by atoms with Gasteiger partial charge in [0, 0.05) is 11.1 Å². The van der Waals surface area contributed by atoms with Crippen molar-refractivity contribution >= 4 is 28.8 Å². The van der Waals surface area contributed by atoms with E-state index in [9.17, 15) is 0 Å². The number of nitrogen functional groups attached to an aromatic ring is 1. The van der Waals surface area contributed by atoms with Crippen LogP contribution in [-0.4, -0.2) is 16.6 Å². The predicted octanol–water partition coefficient (Wildman–Crippen LogP) is 3.37. The number of hydrogen-bond acceptors (Lipinski definition) is 6. The van der Waals surface area contributed by atoms with Crippen LogP contribution in [-0.2, 0) is 0 Å². The van der Waals surface area contributed by atoms with Gasteiger partial charge < -0.3 is 10.5 Å². The van der Waals surface area contributed by atoms with Gasteiger partial charge >= 0.3 is 0 Å². The summed E-state index contributed by atoms with van der Waals surface area (Å²) in [5.74, 6) is 0.509. The van der Waals surface area contributed by atoms with Crippen molar-refractivity contribution in [1.29, 1.82) is 0 Å². The third-order valence-corrected chi connectivity index (χ3v) is 4.09. The van der Waals surface area contributed by atoms with Crippen LogP contribution in [0.4, 0.5) is 5.69 Å². The molecule has 0 spiro atoms. The number of pyridine rings is 1. The number of thiazole rings is 1. The molecule has 0 saturated heterocycles. The highest BCUT2D eigenvalue weighted by Gasteiger charge is 2.07. The molecular formula is C12H15N3OS2. The summed E-state index contributed by atoms with van der Waals surface area (Å²) in [6, 6.07) is 3.70. The van der Waals surface area contributed by atoms with Crippen molar-refractivity contribution in [3.8, 4) is 5.88 Å². The Morgan fingerprint density at radius 2 is 2.22 bits per heavy atom. The molecule has 0 aliphatic heterocycles. The van der Waals surface area contributed by atoms with E-state index in [1.165, 1.54) is 11.8 Å². The van der Waals surface area contributed by atoms with E-state index in [1.54, 1.807) is 11.3 Å². The van der Waals surface area contributed by atoms with Gasteiger partial charge in [-0.1, -0.05) is 6.92 Å². The van der Waals surface area contributed by atoms with Crippen LogP contribution in [0.3, 0.4) is 0 Å². The van der Waals surface area contributed by atoms with Crippen LogP contribution in [0.1, 0.15) is 19.0 Å². The smallest absolute Gasteiger partial charge is 0.238 e. The van der Waals surface area contributed by atoms with Crippen molar-refractivity contribution in [2.45, 2.75) is 29.6 Å². The van der Waals surface area contributed by atoms with Crippen molar-refractivity contribution in [3.63, 3.8) is 0 Å². The van der Waals surface area contributed by atoms with E-state index in [4.69, 9.17) is 10.5 Å². The summed E-state index contributed by atoms with van der Waals surface area (Å²) in [4.78, 5) is 8.79. The molecule has 0 bridgehead atoms. The fourth-order valence-electron chi connectivity index (χ4n) is 1.27. The highest BCUT2D eigenvalue weighted by atomic mass is 32.2. The van der Waals surface area contributed by atoms with E-state index >= 15 is 0 Å². The molecule has 2 aromatic rings. The van der Waals surface area contributed by atoms with Crippen LogP contribution < -0.4 is 10.5 Å². The Kier molecular flexibility index (Phi) is 4.43. The number of nitrogens with two attached hydrogens (primary N) is 1. The van der Waals surface area contributed by atoms with Gasteiger partial charge in [0.1, 0.15) is 5.03 Å². The van der Waals surface area contributed by atoms with Gasteiger partial charge in [-0.2, -0.15) is 0 Å². The fourth-order valence-corrected chi connectivity index (χ4v) is 3.02. The predicted molar refractivity (Wildman–Crippen MR) is 75.4 cm³/mol. The second-order valence-corrected chi connectivity index (χ2v) is 5.87. The minimum absolute atomic E-state index is 0.509. The van der Waals surface area contributed by atoms with Gasteiger partial charge in [-0.25, -0.2) is 9.97 Å². The van der Waals surface area contributed by atoms with Crippen molar-refractivity contribution < 1.29 is 4.74 Å². The first-order chi connectivity index (χ1) is 8.69. The van der Waals surface area contributed by atoms with Gasteiger partial charge in [-0.15, -0.1) is 11.3 Å². The zero-order valence-electron chi connectivity index (χ0n) is 10.3. The lowest BCUT2D eigenvalue weighted by Gasteiger charge is -2.07. The van der Waals surface area contributed by atoms with E-state index in [1.807, 2.05) is 31.4 Å². The number of aromatic nitrogens is 2. The summed E-state index contributed by atoms with van der Waals surface area (Å²) in [7, 11) is 0. The molecule has 0 aliphatic carbocycles. The van der Waals surface area contributed by atoms with E-state index in [0.29, 0.717) is 18.2 Å². The molecule has 0 aliphatic rings. The van der Waals surface area contributed by atoms with Crippen LogP contribution in [0.2, 0.25) is 0 Å². The lowest BCUT2D eigenvalue weighted by atomic mass is 10.4. The van der Waals surface area contributed by atoms with Crippen molar-refractivity contribution in [2.75, 3.05) is 12.3 Å². The SMILES string of the molecule is CCCOc1nc(Sc2nc(C)cs2)ccc1N. The summed E-state index contributed by atoms with van der Waals surface area (Å²) in [6.07, 6.45) is 0.935. The number of rotatable bonds is 5. The molecule has 6 heteroatoms. The monoisotopic (exact) mass is 281 g/mol. The van der Waals surface area contributed by atoms with Gasteiger partial charge in [-0.3, -0.25) is 0 Å². The standard InChI is InChI=1S/C12H15N3OS2/c1-3-6-16-11-9(13)4-5-10(15-11)18-12-14-8(2)7-17-12/h4-5,7H,3,6,13H2,1-2H3. The summed E-state index contributed by atoms with van der Waals surface area (Å²) in [6.45, 7) is 4.65. The molecule has 0 fully saturated rings. The Balaban J connectivity index is 2.13. The van der Waals surface area contributed by atoms with Gasteiger partial charge in [0.2, 0.25) is 5.88 Å². The summed E-state index contributed by atoms with van der Waals surface area (Å²) in [5.41, 5.74) is 7.42. The molecule has 18 heavy (non-hydrogen) atoms. The number of nitrogens with zero attached hydrogens (tertiary/aromatic N) is 2. The largest absolute Gasteiger partial charge is 0.476 e. The molecule has 0 aromatic carbocycles. The zero-order chi connectivity index (χ0) is 13.0. The average molecular weight is 281 g/mol. The van der Waals surface area contributed by atoms with Crippen molar-refractivity contribution in [3.05, 3.63) is 23.2 Å². The highest BCUT2D eigenvalue weighted by molar-refractivity contribution is 8.01. The molecule has 2 N–H and O–H groups in total. The van der Waals surface area contributed by atoms with Crippen LogP contribution in [0.25, 0.3) is 0 Å². The molecule has 2 rings (SSSR count). The summed E-state index contributed by atoms with van der Waals surface area (Å²) < 4.78 is 6.48. The number of anilines is 1. The Labute approximate surface area is 115 Å². The second kappa shape index (κ2) is 6.06. The minimum Gasteiger partial charge on any atom is -0.476 e. The average Bonchev–Trinajstić information content (AvgIpc) is 2.75. The second-order valence-electron chi connectivity index (χ2n) is 3.75. The Hall–Kier alpha value is -1.27. The molecule has 2 heterocycles. The topological polar surface area (TPSA) is 61.0 Å². The maximum absolute atomic E-state index is 5.82. The third-order valence-electron chi connectivity index (χ3n) is 2.10. The number of aryl methyl sites for hydroxylation is 1. The normalized spacial score (nSPS) is 10.6. The molecule has 0 amide bonds. The molecule has 96 valence electrons. The quantitative estimate of drug-likeness (QED) is 0.910. The van der Waals surface area contributed by atoms with E-state index < -0.39 is 0 Å². The number of ether oxygens (including phenoxy) is 1. The van der Waals surface area contributed by atoms with Gasteiger partial charge in [0.25, 0.3) is 0 Å². The third kappa shape index (κ3) is 3.36. The van der Waals surface area contributed by atoms with E-state index in [0.717, 1.165) is 21.5 Å². The van der Waals surface area contributed by atoms with Crippen LogP contribution in [0, 0.1) is 6.92 Å². The molecule has 0 unspecified atom stereocenters. The Morgan fingerprint density at radius 1 is 1.39 bits per heavy atom. The molecule has 0 radical (unpaired) electrons.